The fourth-order valence-electron chi connectivity index (χ4n) is 2.02. The summed E-state index contributed by atoms with van der Waals surface area (Å²) in [6, 6.07) is 7.99. The zero-order chi connectivity index (χ0) is 20.2. The average molecular weight is 412 g/mol. The Morgan fingerprint density at radius 2 is 1.85 bits per heavy atom. The molecular weight excluding hydrogens is 394 g/mol. The van der Waals surface area contributed by atoms with Crippen LogP contribution >= 0.6 is 12.2 Å². The van der Waals surface area contributed by atoms with Gasteiger partial charge in [-0.2, -0.15) is 5.10 Å². The first-order chi connectivity index (χ1) is 12.6. The van der Waals surface area contributed by atoms with Gasteiger partial charge in [0, 0.05) is 19.8 Å². The molecule has 6 nitrogen and oxygen atoms in total. The molecule has 2 N–H and O–H groups in total. The van der Waals surface area contributed by atoms with Crippen LogP contribution in [0.15, 0.2) is 46.4 Å². The van der Waals surface area contributed by atoms with Crippen LogP contribution in [0, 0.1) is 18.6 Å². The Kier molecular flexibility index (Phi) is 6.58. The topological polar surface area (TPSA) is 73.8 Å². The number of halogens is 2. The fraction of sp³-hybridized carbons (Fsp3) is 0.176. The van der Waals surface area contributed by atoms with Crippen molar-refractivity contribution in [1.29, 1.82) is 0 Å². The largest absolute Gasteiger partial charge is 0.331 e. The molecule has 0 aliphatic carbocycles. The van der Waals surface area contributed by atoms with Crippen molar-refractivity contribution in [2.45, 2.75) is 11.8 Å². The summed E-state index contributed by atoms with van der Waals surface area (Å²) in [5.41, 5.74) is 4.16. The molecule has 0 saturated heterocycles. The Labute approximate surface area is 161 Å². The number of sulfonamides is 1. The number of hydrogen-bond acceptors (Lipinski definition) is 4. The zero-order valence-corrected chi connectivity index (χ0v) is 16.5. The molecule has 2 rings (SSSR count). The molecule has 144 valence electrons. The second kappa shape index (κ2) is 8.51. The van der Waals surface area contributed by atoms with Crippen LogP contribution in [-0.4, -0.2) is 38.1 Å². The van der Waals surface area contributed by atoms with Gasteiger partial charge in [-0.05, 0) is 54.5 Å². The first kappa shape index (κ1) is 20.9. The highest BCUT2D eigenvalue weighted by Gasteiger charge is 2.18. The first-order valence-corrected chi connectivity index (χ1v) is 9.54. The number of nitrogens with one attached hydrogen (secondary N) is 2. The van der Waals surface area contributed by atoms with E-state index in [1.165, 1.54) is 38.5 Å². The number of nitrogens with zero attached hydrogens (tertiary/aromatic N) is 2. The molecule has 0 spiro atoms. The van der Waals surface area contributed by atoms with Gasteiger partial charge < -0.3 is 5.32 Å². The molecule has 0 aliphatic rings. The van der Waals surface area contributed by atoms with Gasteiger partial charge in [0.05, 0.1) is 11.1 Å². The van der Waals surface area contributed by atoms with E-state index in [4.69, 9.17) is 12.2 Å². The second-order valence-electron chi connectivity index (χ2n) is 5.76. The van der Waals surface area contributed by atoms with E-state index in [9.17, 15) is 17.2 Å². The lowest BCUT2D eigenvalue weighted by Crippen LogP contribution is -2.25. The van der Waals surface area contributed by atoms with Gasteiger partial charge in [0.1, 0.15) is 0 Å². The first-order valence-electron chi connectivity index (χ1n) is 7.69. The molecule has 2 aromatic carbocycles. The van der Waals surface area contributed by atoms with Crippen LogP contribution in [-0.2, 0) is 10.0 Å². The molecule has 0 radical (unpaired) electrons. The van der Waals surface area contributed by atoms with Crippen molar-refractivity contribution in [2.75, 3.05) is 19.4 Å². The third kappa shape index (κ3) is 5.28. The van der Waals surface area contributed by atoms with Gasteiger partial charge in [-0.3, -0.25) is 5.43 Å². The van der Waals surface area contributed by atoms with Crippen LogP contribution in [0.5, 0.6) is 0 Å². The Bertz CT molecular complexity index is 992. The van der Waals surface area contributed by atoms with E-state index in [1.54, 1.807) is 13.0 Å². The quantitative estimate of drug-likeness (QED) is 0.449. The van der Waals surface area contributed by atoms with Crippen LogP contribution in [0.4, 0.5) is 14.5 Å². The summed E-state index contributed by atoms with van der Waals surface area (Å²) in [7, 11) is -0.687. The van der Waals surface area contributed by atoms with Crippen LogP contribution in [0.2, 0.25) is 0 Å². The maximum Gasteiger partial charge on any atom is 0.242 e. The van der Waals surface area contributed by atoms with Crippen molar-refractivity contribution in [2.24, 2.45) is 5.10 Å². The highest BCUT2D eigenvalue weighted by atomic mass is 32.2. The summed E-state index contributed by atoms with van der Waals surface area (Å²) in [4.78, 5) is 0.119. The number of thiocarbonyl (C=S) groups is 1. The monoisotopic (exact) mass is 412 g/mol. The highest BCUT2D eigenvalue weighted by Crippen LogP contribution is 2.21. The molecule has 0 amide bonds. The summed E-state index contributed by atoms with van der Waals surface area (Å²) in [6.45, 7) is 1.79. The third-order valence-corrected chi connectivity index (χ3v) is 5.56. The normalized spacial score (nSPS) is 11.8. The number of hydrogen-bond donors (Lipinski definition) is 2. The Morgan fingerprint density at radius 3 is 2.48 bits per heavy atom. The summed E-state index contributed by atoms with van der Waals surface area (Å²) >= 11 is 5.12. The average Bonchev–Trinajstić information content (AvgIpc) is 2.59. The van der Waals surface area contributed by atoms with Gasteiger partial charge in [-0.15, -0.1) is 0 Å². The van der Waals surface area contributed by atoms with Crippen LogP contribution in [0.25, 0.3) is 0 Å². The molecule has 0 bridgehead atoms. The Hall–Kier alpha value is -2.43. The minimum atomic E-state index is -3.58. The summed E-state index contributed by atoms with van der Waals surface area (Å²) < 4.78 is 51.6. The summed E-state index contributed by atoms with van der Waals surface area (Å²) in [5, 5.41) is 6.81. The number of anilines is 1. The standard InChI is InChI=1S/C17H18F2N4O2S2/c1-11-4-6-13(27(24,25)23(2)3)9-16(11)21-17(26)22-20-10-12-5-7-14(18)15(19)8-12/h4-10H,1-3H3,(H2,21,22,26)/b20-10+. The van der Waals surface area contributed by atoms with Crippen molar-refractivity contribution in [3.63, 3.8) is 0 Å². The molecule has 0 atom stereocenters. The van der Waals surface area contributed by atoms with Gasteiger partial charge in [0.15, 0.2) is 16.7 Å². The molecule has 27 heavy (non-hydrogen) atoms. The maximum atomic E-state index is 13.1. The van der Waals surface area contributed by atoms with Crippen molar-refractivity contribution in [3.05, 3.63) is 59.2 Å². The number of benzene rings is 2. The minimum Gasteiger partial charge on any atom is -0.331 e. The van der Waals surface area contributed by atoms with Gasteiger partial charge in [-0.25, -0.2) is 21.5 Å². The van der Waals surface area contributed by atoms with Crippen molar-refractivity contribution < 1.29 is 17.2 Å². The van der Waals surface area contributed by atoms with Crippen molar-refractivity contribution >= 4 is 39.3 Å². The lowest BCUT2D eigenvalue weighted by molar-refractivity contribution is 0.508. The lowest BCUT2D eigenvalue weighted by Gasteiger charge is -2.15. The van der Waals surface area contributed by atoms with E-state index < -0.39 is 21.7 Å². The van der Waals surface area contributed by atoms with Crippen molar-refractivity contribution in [1.82, 2.24) is 9.73 Å². The van der Waals surface area contributed by atoms with E-state index in [-0.39, 0.29) is 10.0 Å². The van der Waals surface area contributed by atoms with Gasteiger partial charge in [0.2, 0.25) is 10.0 Å². The molecule has 0 fully saturated rings. The Morgan fingerprint density at radius 1 is 1.15 bits per heavy atom. The molecular formula is C17H18F2N4O2S2. The van der Waals surface area contributed by atoms with E-state index in [2.05, 4.69) is 15.8 Å². The summed E-state index contributed by atoms with van der Waals surface area (Å²) in [5.74, 6) is -1.92. The van der Waals surface area contributed by atoms with E-state index >= 15 is 0 Å². The molecule has 0 unspecified atom stereocenters. The van der Waals surface area contributed by atoms with E-state index in [0.717, 1.165) is 22.0 Å². The minimum absolute atomic E-state index is 0.108. The zero-order valence-electron chi connectivity index (χ0n) is 14.8. The SMILES string of the molecule is Cc1ccc(S(=O)(=O)N(C)C)cc1NC(=S)N/N=C/c1ccc(F)c(F)c1. The highest BCUT2D eigenvalue weighted by molar-refractivity contribution is 7.89. The predicted molar refractivity (Wildman–Crippen MR) is 105 cm³/mol. The third-order valence-electron chi connectivity index (χ3n) is 3.56. The number of hydrazone groups is 1. The molecule has 0 aliphatic heterocycles. The number of aryl methyl sites for hydroxylation is 1. The molecule has 0 heterocycles. The fourth-order valence-corrected chi connectivity index (χ4v) is 3.11. The van der Waals surface area contributed by atoms with E-state index in [1.807, 2.05) is 0 Å². The van der Waals surface area contributed by atoms with Gasteiger partial charge in [0.25, 0.3) is 0 Å². The number of rotatable bonds is 5. The molecule has 0 aromatic heterocycles. The smallest absolute Gasteiger partial charge is 0.242 e. The molecule has 0 saturated carbocycles. The van der Waals surface area contributed by atoms with Crippen molar-refractivity contribution in [3.8, 4) is 0 Å². The van der Waals surface area contributed by atoms with Gasteiger partial charge >= 0.3 is 0 Å². The van der Waals surface area contributed by atoms with Crippen LogP contribution < -0.4 is 10.7 Å². The summed E-state index contributed by atoms with van der Waals surface area (Å²) in [6.07, 6.45) is 1.27. The Balaban J connectivity index is 2.09. The molecule has 10 heteroatoms. The second-order valence-corrected chi connectivity index (χ2v) is 8.32. The van der Waals surface area contributed by atoms with Gasteiger partial charge in [-0.1, -0.05) is 12.1 Å². The molecule has 2 aromatic rings. The van der Waals surface area contributed by atoms with Crippen LogP contribution in [0.3, 0.4) is 0 Å². The van der Waals surface area contributed by atoms with E-state index in [0.29, 0.717) is 11.3 Å². The lowest BCUT2D eigenvalue weighted by atomic mass is 10.2. The van der Waals surface area contributed by atoms with Crippen LogP contribution in [0.1, 0.15) is 11.1 Å². The maximum absolute atomic E-state index is 13.1. The predicted octanol–water partition coefficient (Wildman–Crippen LogP) is 2.84.